The van der Waals surface area contributed by atoms with Crippen LogP contribution < -0.4 is 10.1 Å². The van der Waals surface area contributed by atoms with Crippen LogP contribution in [0.3, 0.4) is 0 Å². The van der Waals surface area contributed by atoms with Gasteiger partial charge < -0.3 is 10.1 Å². The maximum atomic E-state index is 11.7. The molecule has 0 aliphatic carbocycles. The lowest BCUT2D eigenvalue weighted by Gasteiger charge is -2.12. The Morgan fingerprint density at radius 2 is 2.00 bits per heavy atom. The molecule has 0 aromatic heterocycles. The van der Waals surface area contributed by atoms with Gasteiger partial charge in [0, 0.05) is 24.1 Å². The fraction of sp³-hybridized carbons (Fsp3) is 0.211. The van der Waals surface area contributed by atoms with Crippen molar-refractivity contribution in [1.82, 2.24) is 0 Å². The van der Waals surface area contributed by atoms with E-state index in [0.717, 1.165) is 23.4 Å². The van der Waals surface area contributed by atoms with Crippen molar-refractivity contribution in [1.29, 1.82) is 0 Å². The van der Waals surface area contributed by atoms with Gasteiger partial charge in [-0.25, -0.2) is 0 Å². The van der Waals surface area contributed by atoms with E-state index in [9.17, 15) is 4.79 Å². The second kappa shape index (κ2) is 7.90. The number of ether oxygens (including phenoxy) is 1. The van der Waals surface area contributed by atoms with Crippen LogP contribution in [-0.2, 0) is 11.2 Å². The van der Waals surface area contributed by atoms with E-state index in [4.69, 9.17) is 11.2 Å². The molecule has 0 radical (unpaired) electrons. The first-order valence-electron chi connectivity index (χ1n) is 7.32. The zero-order chi connectivity index (χ0) is 15.8. The molecule has 112 valence electrons. The van der Waals surface area contributed by atoms with Crippen molar-refractivity contribution in [3.63, 3.8) is 0 Å². The number of rotatable bonds is 6. The average molecular weight is 293 g/mol. The SMILES string of the molecule is C#CCc1cc(NC(=O)CCC)ccc1Oc1ccccc1. The maximum Gasteiger partial charge on any atom is 0.224 e. The number of anilines is 1. The molecule has 1 amide bonds. The summed E-state index contributed by atoms with van der Waals surface area (Å²) in [5, 5.41) is 2.87. The molecule has 22 heavy (non-hydrogen) atoms. The minimum Gasteiger partial charge on any atom is -0.457 e. The molecule has 3 nitrogen and oxygen atoms in total. The van der Waals surface area contributed by atoms with Gasteiger partial charge in [-0.15, -0.1) is 12.3 Å². The number of carbonyl (C=O) groups is 1. The highest BCUT2D eigenvalue weighted by atomic mass is 16.5. The molecule has 2 rings (SSSR count). The van der Waals surface area contributed by atoms with E-state index >= 15 is 0 Å². The summed E-state index contributed by atoms with van der Waals surface area (Å²) in [6.07, 6.45) is 7.20. The summed E-state index contributed by atoms with van der Waals surface area (Å²) in [5.41, 5.74) is 1.62. The lowest BCUT2D eigenvalue weighted by Crippen LogP contribution is -2.10. The Labute approximate surface area is 131 Å². The fourth-order valence-electron chi connectivity index (χ4n) is 2.07. The van der Waals surface area contributed by atoms with Crippen LogP contribution in [0, 0.1) is 12.3 Å². The minimum absolute atomic E-state index is 0.00545. The maximum absolute atomic E-state index is 11.7. The van der Waals surface area contributed by atoms with E-state index in [1.165, 1.54) is 0 Å². The monoisotopic (exact) mass is 293 g/mol. The summed E-state index contributed by atoms with van der Waals surface area (Å²) < 4.78 is 5.86. The zero-order valence-corrected chi connectivity index (χ0v) is 12.6. The van der Waals surface area contributed by atoms with Crippen molar-refractivity contribution < 1.29 is 9.53 Å². The number of terminal acetylenes is 1. The average Bonchev–Trinajstić information content (AvgIpc) is 2.51. The van der Waals surface area contributed by atoms with Crippen molar-refractivity contribution >= 4 is 11.6 Å². The molecule has 0 heterocycles. The van der Waals surface area contributed by atoms with Gasteiger partial charge in [-0.3, -0.25) is 4.79 Å². The number of hydrogen-bond donors (Lipinski definition) is 1. The first-order chi connectivity index (χ1) is 10.7. The number of benzene rings is 2. The number of nitrogens with one attached hydrogen (secondary N) is 1. The van der Waals surface area contributed by atoms with Crippen LogP contribution in [0.1, 0.15) is 25.3 Å². The highest BCUT2D eigenvalue weighted by molar-refractivity contribution is 5.90. The van der Waals surface area contributed by atoms with Gasteiger partial charge in [0.1, 0.15) is 11.5 Å². The standard InChI is InChI=1S/C19H19NO2/c1-3-8-15-14-16(20-19(21)9-4-2)12-13-18(15)22-17-10-6-5-7-11-17/h1,5-7,10-14H,4,8-9H2,2H3,(H,20,21). The van der Waals surface area contributed by atoms with Crippen LogP contribution in [0.4, 0.5) is 5.69 Å². The second-order valence-electron chi connectivity index (χ2n) is 4.92. The fourth-order valence-corrected chi connectivity index (χ4v) is 2.07. The molecule has 0 atom stereocenters. The van der Waals surface area contributed by atoms with Crippen molar-refractivity contribution in [3.05, 3.63) is 54.1 Å². The van der Waals surface area contributed by atoms with Crippen LogP contribution in [0.2, 0.25) is 0 Å². The highest BCUT2D eigenvalue weighted by Gasteiger charge is 2.08. The van der Waals surface area contributed by atoms with E-state index in [-0.39, 0.29) is 5.91 Å². The first-order valence-corrected chi connectivity index (χ1v) is 7.32. The molecule has 2 aromatic carbocycles. The molecule has 0 saturated carbocycles. The zero-order valence-electron chi connectivity index (χ0n) is 12.6. The van der Waals surface area contributed by atoms with Crippen molar-refractivity contribution in [2.24, 2.45) is 0 Å². The Bertz CT molecular complexity index is 672. The van der Waals surface area contributed by atoms with Crippen LogP contribution in [-0.4, -0.2) is 5.91 Å². The third kappa shape index (κ3) is 4.39. The Kier molecular flexibility index (Phi) is 5.62. The largest absolute Gasteiger partial charge is 0.457 e. The number of carbonyl (C=O) groups excluding carboxylic acids is 1. The lowest BCUT2D eigenvalue weighted by atomic mass is 10.1. The molecule has 2 aromatic rings. The van der Waals surface area contributed by atoms with Gasteiger partial charge in [0.15, 0.2) is 0 Å². The van der Waals surface area contributed by atoms with E-state index in [1.54, 1.807) is 0 Å². The Morgan fingerprint density at radius 3 is 2.68 bits per heavy atom. The van der Waals surface area contributed by atoms with Gasteiger partial charge in [0.2, 0.25) is 5.91 Å². The van der Waals surface area contributed by atoms with Gasteiger partial charge in [-0.2, -0.15) is 0 Å². The Hall–Kier alpha value is -2.73. The highest BCUT2D eigenvalue weighted by Crippen LogP contribution is 2.28. The van der Waals surface area contributed by atoms with Crippen LogP contribution in [0.5, 0.6) is 11.5 Å². The Morgan fingerprint density at radius 1 is 1.23 bits per heavy atom. The molecule has 0 aliphatic rings. The molecule has 0 bridgehead atoms. The topological polar surface area (TPSA) is 38.3 Å². The van der Waals surface area contributed by atoms with Crippen LogP contribution in [0.15, 0.2) is 48.5 Å². The molecule has 1 N–H and O–H groups in total. The third-order valence-electron chi connectivity index (χ3n) is 3.08. The molecular weight excluding hydrogens is 274 g/mol. The molecule has 0 spiro atoms. The summed E-state index contributed by atoms with van der Waals surface area (Å²) in [4.78, 5) is 11.7. The molecule has 0 saturated heterocycles. The van der Waals surface area contributed by atoms with Crippen LogP contribution in [0.25, 0.3) is 0 Å². The lowest BCUT2D eigenvalue weighted by molar-refractivity contribution is -0.116. The summed E-state index contributed by atoms with van der Waals surface area (Å²) in [6, 6.07) is 15.1. The van der Waals surface area contributed by atoms with E-state index in [0.29, 0.717) is 18.6 Å². The van der Waals surface area contributed by atoms with Crippen molar-refractivity contribution in [2.75, 3.05) is 5.32 Å². The summed E-state index contributed by atoms with van der Waals surface area (Å²) in [7, 11) is 0. The number of para-hydroxylation sites is 1. The molecule has 0 fully saturated rings. The number of amides is 1. The van der Waals surface area contributed by atoms with E-state index < -0.39 is 0 Å². The van der Waals surface area contributed by atoms with Crippen molar-refractivity contribution in [2.45, 2.75) is 26.2 Å². The van der Waals surface area contributed by atoms with Gasteiger partial charge >= 0.3 is 0 Å². The predicted octanol–water partition coefficient (Wildman–Crippen LogP) is 4.39. The minimum atomic E-state index is 0.00545. The van der Waals surface area contributed by atoms with Crippen LogP contribution >= 0.6 is 0 Å². The normalized spacial score (nSPS) is 9.82. The first kappa shape index (κ1) is 15.7. The quantitative estimate of drug-likeness (QED) is 0.802. The number of hydrogen-bond acceptors (Lipinski definition) is 2. The molecule has 0 unspecified atom stereocenters. The molecule has 3 heteroatoms. The van der Waals surface area contributed by atoms with Crippen molar-refractivity contribution in [3.8, 4) is 23.8 Å². The summed E-state index contributed by atoms with van der Waals surface area (Å²) >= 11 is 0. The second-order valence-corrected chi connectivity index (χ2v) is 4.92. The van der Waals surface area contributed by atoms with Gasteiger partial charge in [0.05, 0.1) is 0 Å². The summed E-state index contributed by atoms with van der Waals surface area (Å²) in [5.74, 6) is 4.09. The summed E-state index contributed by atoms with van der Waals surface area (Å²) in [6.45, 7) is 1.97. The van der Waals surface area contributed by atoms with Gasteiger partial charge in [0.25, 0.3) is 0 Å². The molecule has 0 aliphatic heterocycles. The Balaban J connectivity index is 2.20. The smallest absolute Gasteiger partial charge is 0.224 e. The van der Waals surface area contributed by atoms with Gasteiger partial charge in [-0.05, 0) is 36.8 Å². The molecular formula is C19H19NO2. The van der Waals surface area contributed by atoms with Gasteiger partial charge in [-0.1, -0.05) is 25.1 Å². The predicted molar refractivity (Wildman–Crippen MR) is 89.0 cm³/mol. The third-order valence-corrected chi connectivity index (χ3v) is 3.08. The van der Waals surface area contributed by atoms with E-state index in [2.05, 4.69) is 11.2 Å². The van der Waals surface area contributed by atoms with E-state index in [1.807, 2.05) is 55.5 Å².